The number of hydrogen-bond acceptors (Lipinski definition) is 1. The van der Waals surface area contributed by atoms with Crippen LogP contribution in [0.3, 0.4) is 0 Å². The van der Waals surface area contributed by atoms with Crippen molar-refractivity contribution in [1.29, 1.82) is 0 Å². The Morgan fingerprint density at radius 2 is 1.80 bits per heavy atom. The average molecular weight is 269 g/mol. The van der Waals surface area contributed by atoms with E-state index in [2.05, 4.69) is 26.1 Å². The zero-order valence-electron chi connectivity index (χ0n) is 9.10. The fraction of sp³-hybridized carbons (Fsp3) is 0.455. The van der Waals surface area contributed by atoms with Gasteiger partial charge in [0, 0.05) is 22.1 Å². The van der Waals surface area contributed by atoms with Crippen molar-refractivity contribution in [3.05, 3.63) is 33.8 Å². The first-order valence-electron chi connectivity index (χ1n) is 4.57. The van der Waals surface area contributed by atoms with Crippen LogP contribution in [-0.2, 0) is 6.54 Å². The molecule has 0 fully saturated rings. The van der Waals surface area contributed by atoms with Crippen molar-refractivity contribution in [3.8, 4) is 0 Å². The Balaban J connectivity index is 0.00000196. The molecule has 1 nitrogen and oxygen atoms in total. The molecule has 15 heavy (non-hydrogen) atoms. The molecule has 0 aromatic heterocycles. The topological polar surface area (TPSA) is 12.0 Å². The third-order valence-electron chi connectivity index (χ3n) is 1.82. The van der Waals surface area contributed by atoms with Crippen LogP contribution in [0.5, 0.6) is 0 Å². The van der Waals surface area contributed by atoms with E-state index in [9.17, 15) is 0 Å². The summed E-state index contributed by atoms with van der Waals surface area (Å²) in [5, 5.41) is 4.76. The zero-order valence-corrected chi connectivity index (χ0v) is 11.4. The summed E-state index contributed by atoms with van der Waals surface area (Å²) in [5.41, 5.74) is 1.18. The van der Waals surface area contributed by atoms with Crippen LogP contribution in [-0.4, -0.2) is 5.54 Å². The van der Waals surface area contributed by atoms with Gasteiger partial charge in [-0.2, -0.15) is 0 Å². The first-order chi connectivity index (χ1) is 6.38. The minimum absolute atomic E-state index is 0. The van der Waals surface area contributed by atoms with E-state index in [4.69, 9.17) is 23.2 Å². The second kappa shape index (κ2) is 5.95. The first kappa shape index (κ1) is 15.0. The molecule has 0 saturated carbocycles. The molecule has 1 aromatic carbocycles. The molecule has 4 heteroatoms. The van der Waals surface area contributed by atoms with Gasteiger partial charge in [-0.1, -0.05) is 29.3 Å². The number of halogens is 3. The molecule has 0 saturated heterocycles. The van der Waals surface area contributed by atoms with Gasteiger partial charge in [-0.05, 0) is 38.5 Å². The Morgan fingerprint density at radius 1 is 1.20 bits per heavy atom. The van der Waals surface area contributed by atoms with E-state index in [0.717, 1.165) is 12.1 Å². The molecule has 0 heterocycles. The molecule has 1 aromatic rings. The number of rotatable bonds is 2. The van der Waals surface area contributed by atoms with E-state index in [1.54, 1.807) is 6.07 Å². The lowest BCUT2D eigenvalue weighted by atomic mass is 10.1. The van der Waals surface area contributed by atoms with E-state index in [-0.39, 0.29) is 17.9 Å². The van der Waals surface area contributed by atoms with E-state index >= 15 is 0 Å². The molecule has 0 amide bonds. The van der Waals surface area contributed by atoms with Gasteiger partial charge in [-0.25, -0.2) is 0 Å². The van der Waals surface area contributed by atoms with Crippen LogP contribution in [0.4, 0.5) is 0 Å². The lowest BCUT2D eigenvalue weighted by Gasteiger charge is -2.20. The highest BCUT2D eigenvalue weighted by atomic mass is 35.5. The number of benzene rings is 1. The van der Waals surface area contributed by atoms with Gasteiger partial charge in [-0.3, -0.25) is 0 Å². The monoisotopic (exact) mass is 267 g/mol. The minimum atomic E-state index is 0. The van der Waals surface area contributed by atoms with E-state index < -0.39 is 0 Å². The molecule has 0 bridgehead atoms. The maximum atomic E-state index is 6.03. The number of hydrogen-bond donors (Lipinski definition) is 1. The molecule has 0 unspecified atom stereocenters. The van der Waals surface area contributed by atoms with Crippen LogP contribution >= 0.6 is 35.6 Å². The summed E-state index contributed by atoms with van der Waals surface area (Å²) < 4.78 is 0. The standard InChI is InChI=1S/C11H15Cl2N.ClH/c1-11(2,3)14-7-8-4-5-9(12)6-10(8)13;/h4-6,14H,7H2,1-3H3;1H. The molecule has 1 N–H and O–H groups in total. The van der Waals surface area contributed by atoms with E-state index in [0.29, 0.717) is 10.0 Å². The molecule has 0 atom stereocenters. The molecule has 0 spiro atoms. The molecule has 0 aliphatic carbocycles. The van der Waals surface area contributed by atoms with Gasteiger partial charge in [0.15, 0.2) is 0 Å². The van der Waals surface area contributed by atoms with Crippen molar-refractivity contribution >= 4 is 35.6 Å². The number of nitrogens with one attached hydrogen (secondary N) is 1. The van der Waals surface area contributed by atoms with Gasteiger partial charge in [0.1, 0.15) is 0 Å². The second-order valence-corrected chi connectivity index (χ2v) is 5.18. The summed E-state index contributed by atoms with van der Waals surface area (Å²) in [7, 11) is 0. The van der Waals surface area contributed by atoms with Gasteiger partial charge in [0.25, 0.3) is 0 Å². The third kappa shape index (κ3) is 5.62. The van der Waals surface area contributed by atoms with Gasteiger partial charge in [-0.15, -0.1) is 12.4 Å². The Labute approximate surface area is 108 Å². The Morgan fingerprint density at radius 3 is 2.27 bits per heavy atom. The molecule has 0 radical (unpaired) electrons. The van der Waals surface area contributed by atoms with Crippen LogP contribution in [0.15, 0.2) is 18.2 Å². The van der Waals surface area contributed by atoms with Gasteiger partial charge in [0.2, 0.25) is 0 Å². The molecular weight excluding hydrogens is 252 g/mol. The van der Waals surface area contributed by atoms with Crippen LogP contribution in [0.1, 0.15) is 26.3 Å². The van der Waals surface area contributed by atoms with E-state index in [1.165, 1.54) is 0 Å². The van der Waals surface area contributed by atoms with Crippen LogP contribution in [0.2, 0.25) is 10.0 Å². The van der Waals surface area contributed by atoms with Crippen molar-refractivity contribution in [1.82, 2.24) is 5.32 Å². The van der Waals surface area contributed by atoms with Crippen LogP contribution in [0.25, 0.3) is 0 Å². The maximum absolute atomic E-state index is 6.03. The quantitative estimate of drug-likeness (QED) is 0.843. The molecule has 0 aliphatic heterocycles. The zero-order chi connectivity index (χ0) is 10.8. The Bertz CT molecular complexity index is 318. The Hall–Kier alpha value is 0.0500. The van der Waals surface area contributed by atoms with Gasteiger partial charge in [0.05, 0.1) is 0 Å². The van der Waals surface area contributed by atoms with Crippen molar-refractivity contribution in [2.24, 2.45) is 0 Å². The minimum Gasteiger partial charge on any atom is -0.308 e. The molecule has 1 rings (SSSR count). The maximum Gasteiger partial charge on any atom is 0.0465 e. The molecule has 86 valence electrons. The summed E-state index contributed by atoms with van der Waals surface area (Å²) in [5.74, 6) is 0. The average Bonchev–Trinajstić information content (AvgIpc) is 2.00. The predicted octanol–water partition coefficient (Wildman–Crippen LogP) is 4.30. The van der Waals surface area contributed by atoms with Crippen molar-refractivity contribution in [2.75, 3.05) is 0 Å². The highest BCUT2D eigenvalue weighted by Crippen LogP contribution is 2.21. The highest BCUT2D eigenvalue weighted by Gasteiger charge is 2.09. The fourth-order valence-electron chi connectivity index (χ4n) is 1.03. The molecule has 0 aliphatic rings. The van der Waals surface area contributed by atoms with Gasteiger partial charge >= 0.3 is 0 Å². The smallest absolute Gasteiger partial charge is 0.0465 e. The Kier molecular flexibility index (Phi) is 5.97. The van der Waals surface area contributed by atoms with Gasteiger partial charge < -0.3 is 5.32 Å². The third-order valence-corrected chi connectivity index (χ3v) is 2.41. The summed E-state index contributed by atoms with van der Waals surface area (Å²) in [6.07, 6.45) is 0. The van der Waals surface area contributed by atoms with Crippen molar-refractivity contribution < 1.29 is 0 Å². The van der Waals surface area contributed by atoms with Crippen LogP contribution < -0.4 is 5.32 Å². The summed E-state index contributed by atoms with van der Waals surface area (Å²) in [6, 6.07) is 5.57. The van der Waals surface area contributed by atoms with Crippen molar-refractivity contribution in [2.45, 2.75) is 32.9 Å². The SMILES string of the molecule is CC(C)(C)NCc1ccc(Cl)cc1Cl.Cl. The normalized spacial score (nSPS) is 11.0. The predicted molar refractivity (Wildman–Crippen MR) is 70.3 cm³/mol. The fourth-order valence-corrected chi connectivity index (χ4v) is 1.50. The summed E-state index contributed by atoms with van der Waals surface area (Å²) in [6.45, 7) is 7.13. The largest absolute Gasteiger partial charge is 0.308 e. The first-order valence-corrected chi connectivity index (χ1v) is 5.33. The van der Waals surface area contributed by atoms with Crippen LogP contribution in [0, 0.1) is 0 Å². The highest BCUT2D eigenvalue weighted by molar-refractivity contribution is 6.35. The summed E-state index contributed by atoms with van der Waals surface area (Å²) in [4.78, 5) is 0. The molecular formula is C11H16Cl3N. The second-order valence-electron chi connectivity index (χ2n) is 4.34. The van der Waals surface area contributed by atoms with Crippen molar-refractivity contribution in [3.63, 3.8) is 0 Å². The lowest BCUT2D eigenvalue weighted by Crippen LogP contribution is -2.35. The lowest BCUT2D eigenvalue weighted by molar-refractivity contribution is 0.424. The summed E-state index contributed by atoms with van der Waals surface area (Å²) >= 11 is 11.8. The van der Waals surface area contributed by atoms with E-state index in [1.807, 2.05) is 12.1 Å².